The van der Waals surface area contributed by atoms with Gasteiger partial charge in [0.25, 0.3) is 10.0 Å². The Morgan fingerprint density at radius 1 is 0.906 bits per heavy atom. The van der Waals surface area contributed by atoms with Crippen LogP contribution >= 0.6 is 34.8 Å². The summed E-state index contributed by atoms with van der Waals surface area (Å²) < 4.78 is 28.7. The minimum atomic E-state index is -3.84. The van der Waals surface area contributed by atoms with Crippen LogP contribution in [0.25, 0.3) is 0 Å². The molecule has 0 fully saturated rings. The van der Waals surface area contributed by atoms with Crippen molar-refractivity contribution in [3.05, 3.63) is 99.0 Å². The van der Waals surface area contributed by atoms with Gasteiger partial charge >= 0.3 is 0 Å². The van der Waals surface area contributed by atoms with E-state index in [-0.39, 0.29) is 33.5 Å². The second kappa shape index (κ2) is 8.31. The lowest BCUT2D eigenvalue weighted by Crippen LogP contribution is -2.29. The molecule has 0 spiro atoms. The predicted octanol–water partition coefficient (Wildman–Crippen LogP) is 7.27. The second-order valence-electron chi connectivity index (χ2n) is 8.01. The molecule has 0 radical (unpaired) electrons. The summed E-state index contributed by atoms with van der Waals surface area (Å²) in [4.78, 5) is 0.179. The number of benzene rings is 3. The van der Waals surface area contributed by atoms with Crippen LogP contribution in [-0.4, -0.2) is 8.42 Å². The number of sulfonamides is 1. The summed E-state index contributed by atoms with van der Waals surface area (Å²) in [6, 6.07) is 17.8. The van der Waals surface area contributed by atoms with Gasteiger partial charge < -0.3 is 5.32 Å². The highest BCUT2D eigenvalue weighted by Crippen LogP contribution is 2.50. The van der Waals surface area contributed by atoms with E-state index in [4.69, 9.17) is 34.8 Å². The van der Waals surface area contributed by atoms with Gasteiger partial charge in [-0.05, 0) is 72.0 Å². The van der Waals surface area contributed by atoms with E-state index in [0.717, 1.165) is 23.2 Å². The molecule has 5 rings (SSSR count). The Hall–Kier alpha value is -2.18. The Kier molecular flexibility index (Phi) is 5.62. The molecule has 8 heteroatoms. The maximum absolute atomic E-state index is 13.1. The molecule has 0 saturated carbocycles. The minimum absolute atomic E-state index is 0.116. The Bertz CT molecular complexity index is 1320. The third kappa shape index (κ3) is 3.99. The van der Waals surface area contributed by atoms with Crippen molar-refractivity contribution in [3.8, 4) is 0 Å². The highest BCUT2D eigenvalue weighted by atomic mass is 35.5. The first kappa shape index (κ1) is 21.7. The molecule has 0 unspecified atom stereocenters. The van der Waals surface area contributed by atoms with Crippen molar-refractivity contribution in [2.24, 2.45) is 5.92 Å². The highest BCUT2D eigenvalue weighted by Gasteiger charge is 2.38. The topological polar surface area (TPSA) is 58.2 Å². The summed E-state index contributed by atoms with van der Waals surface area (Å²) in [5.41, 5.74) is 3.30. The lowest BCUT2D eigenvalue weighted by Gasteiger charge is -2.37. The first-order valence-electron chi connectivity index (χ1n) is 10.1. The molecule has 0 amide bonds. The molecule has 32 heavy (non-hydrogen) atoms. The summed E-state index contributed by atoms with van der Waals surface area (Å²) in [5.74, 6) is 0.411. The maximum Gasteiger partial charge on any atom is 0.261 e. The molecule has 4 nitrogen and oxygen atoms in total. The quantitative estimate of drug-likeness (QED) is 0.366. The summed E-state index contributed by atoms with van der Waals surface area (Å²) in [6.45, 7) is 0. The molecule has 1 aliphatic heterocycles. The fourth-order valence-electron chi connectivity index (χ4n) is 4.52. The van der Waals surface area contributed by atoms with Gasteiger partial charge in [0.15, 0.2) is 0 Å². The standard InChI is InChI=1S/C24H19Cl3N2O2S/c25-15-6-4-14(5-7-15)24-19-3-1-2-18(19)20-13-17(9-11-22(20)28-24)32(30,31)29-23-12-16(26)8-10-21(23)27/h1-2,4-13,18-19,24,28-29H,3H2/t18-,19+,24+/m0/s1. The number of nitrogens with one attached hydrogen (secondary N) is 2. The summed E-state index contributed by atoms with van der Waals surface area (Å²) >= 11 is 18.2. The van der Waals surface area contributed by atoms with Crippen LogP contribution in [0.2, 0.25) is 15.1 Å². The van der Waals surface area contributed by atoms with Gasteiger partial charge in [0.1, 0.15) is 0 Å². The van der Waals surface area contributed by atoms with E-state index in [1.54, 1.807) is 24.3 Å². The molecule has 0 bridgehead atoms. The molecule has 2 aliphatic rings. The number of hydrogen-bond donors (Lipinski definition) is 2. The number of anilines is 2. The molecular weight excluding hydrogens is 487 g/mol. The molecule has 0 saturated heterocycles. The fourth-order valence-corrected chi connectivity index (χ4v) is 6.14. The van der Waals surface area contributed by atoms with Crippen LogP contribution in [0.5, 0.6) is 0 Å². The molecular formula is C24H19Cl3N2O2S. The predicted molar refractivity (Wildman–Crippen MR) is 132 cm³/mol. The molecule has 3 atom stereocenters. The van der Waals surface area contributed by atoms with Crippen molar-refractivity contribution >= 4 is 56.2 Å². The smallest absolute Gasteiger partial charge is 0.261 e. The van der Waals surface area contributed by atoms with Crippen LogP contribution in [0.1, 0.15) is 29.5 Å². The third-order valence-electron chi connectivity index (χ3n) is 6.05. The van der Waals surface area contributed by atoms with Crippen molar-refractivity contribution < 1.29 is 8.42 Å². The lowest BCUT2D eigenvalue weighted by atomic mass is 9.77. The van der Waals surface area contributed by atoms with E-state index in [9.17, 15) is 8.42 Å². The van der Waals surface area contributed by atoms with E-state index in [2.05, 4.69) is 22.2 Å². The van der Waals surface area contributed by atoms with E-state index < -0.39 is 10.0 Å². The van der Waals surface area contributed by atoms with Crippen LogP contribution in [0.3, 0.4) is 0 Å². The normalized spacial score (nSPS) is 21.5. The van der Waals surface area contributed by atoms with E-state index in [1.807, 2.05) is 30.3 Å². The zero-order valence-electron chi connectivity index (χ0n) is 16.7. The monoisotopic (exact) mass is 504 g/mol. The molecule has 3 aromatic carbocycles. The summed E-state index contributed by atoms with van der Waals surface area (Å²) in [6.07, 6.45) is 5.25. The Balaban J connectivity index is 1.49. The molecule has 164 valence electrons. The average Bonchev–Trinajstić information content (AvgIpc) is 3.26. The number of allylic oxidation sites excluding steroid dienone is 2. The van der Waals surface area contributed by atoms with E-state index in [1.165, 1.54) is 6.07 Å². The molecule has 1 heterocycles. The Labute approximate surface area is 202 Å². The van der Waals surface area contributed by atoms with Crippen molar-refractivity contribution in [3.63, 3.8) is 0 Å². The van der Waals surface area contributed by atoms with Gasteiger partial charge in [0.05, 0.1) is 21.6 Å². The van der Waals surface area contributed by atoms with E-state index in [0.29, 0.717) is 10.0 Å². The van der Waals surface area contributed by atoms with Crippen LogP contribution in [0.15, 0.2) is 77.7 Å². The maximum atomic E-state index is 13.1. The zero-order valence-corrected chi connectivity index (χ0v) is 19.8. The van der Waals surface area contributed by atoms with Crippen LogP contribution in [0, 0.1) is 5.92 Å². The third-order valence-corrected chi connectivity index (χ3v) is 8.23. The first-order chi connectivity index (χ1) is 15.3. The molecule has 2 N–H and O–H groups in total. The summed E-state index contributed by atoms with van der Waals surface area (Å²) in [5, 5.41) is 4.99. The van der Waals surface area contributed by atoms with Gasteiger partial charge in [-0.3, -0.25) is 4.72 Å². The van der Waals surface area contributed by atoms with Gasteiger partial charge in [-0.1, -0.05) is 59.1 Å². The number of hydrogen-bond acceptors (Lipinski definition) is 3. The average molecular weight is 506 g/mol. The van der Waals surface area contributed by atoms with Crippen molar-refractivity contribution in [1.29, 1.82) is 0 Å². The highest BCUT2D eigenvalue weighted by molar-refractivity contribution is 7.92. The van der Waals surface area contributed by atoms with Crippen molar-refractivity contribution in [1.82, 2.24) is 0 Å². The number of halogens is 3. The number of fused-ring (bicyclic) bond motifs is 3. The fraction of sp³-hybridized carbons (Fsp3) is 0.167. The van der Waals surface area contributed by atoms with Gasteiger partial charge in [-0.15, -0.1) is 0 Å². The molecule has 0 aromatic heterocycles. The largest absolute Gasteiger partial charge is 0.378 e. The van der Waals surface area contributed by atoms with Crippen molar-refractivity contribution in [2.45, 2.75) is 23.3 Å². The van der Waals surface area contributed by atoms with E-state index >= 15 is 0 Å². The van der Waals surface area contributed by atoms with Gasteiger partial charge in [0.2, 0.25) is 0 Å². The Morgan fingerprint density at radius 3 is 2.44 bits per heavy atom. The zero-order chi connectivity index (χ0) is 22.5. The van der Waals surface area contributed by atoms with Crippen LogP contribution < -0.4 is 10.0 Å². The second-order valence-corrected chi connectivity index (χ2v) is 11.0. The molecule has 3 aromatic rings. The Morgan fingerprint density at radius 2 is 1.66 bits per heavy atom. The SMILES string of the molecule is O=S(=O)(Nc1cc(Cl)ccc1Cl)c1ccc2c(c1)[C@H]1C=CC[C@H]1[C@@H](c1ccc(Cl)cc1)N2. The van der Waals surface area contributed by atoms with Gasteiger partial charge in [-0.25, -0.2) is 8.42 Å². The van der Waals surface area contributed by atoms with Crippen molar-refractivity contribution in [2.75, 3.05) is 10.0 Å². The number of rotatable bonds is 4. The van der Waals surface area contributed by atoms with Crippen LogP contribution in [-0.2, 0) is 10.0 Å². The summed E-state index contributed by atoms with van der Waals surface area (Å²) in [7, 11) is -3.84. The lowest BCUT2D eigenvalue weighted by molar-refractivity contribution is 0.425. The van der Waals surface area contributed by atoms with Crippen LogP contribution in [0.4, 0.5) is 11.4 Å². The molecule has 1 aliphatic carbocycles. The first-order valence-corrected chi connectivity index (χ1v) is 12.7. The van der Waals surface area contributed by atoms with Gasteiger partial charge in [-0.2, -0.15) is 0 Å². The van der Waals surface area contributed by atoms with Gasteiger partial charge in [0, 0.05) is 21.7 Å². The minimum Gasteiger partial charge on any atom is -0.378 e.